The van der Waals surface area contributed by atoms with E-state index in [9.17, 15) is 4.79 Å². The highest BCUT2D eigenvalue weighted by Crippen LogP contribution is 2.44. The molecule has 0 bridgehead atoms. The molecule has 0 saturated heterocycles. The highest BCUT2D eigenvalue weighted by Gasteiger charge is 2.43. The van der Waals surface area contributed by atoms with Gasteiger partial charge < -0.3 is 14.6 Å². The summed E-state index contributed by atoms with van der Waals surface area (Å²) in [4.78, 5) is 11.0. The molecule has 88 valence electrons. The molecule has 1 N–H and O–H groups in total. The van der Waals surface area contributed by atoms with Gasteiger partial charge in [-0.3, -0.25) is 4.79 Å². The first kappa shape index (κ1) is 12.5. The Morgan fingerprint density at radius 2 is 2.07 bits per heavy atom. The second-order valence-corrected chi connectivity index (χ2v) is 4.15. The van der Waals surface area contributed by atoms with Gasteiger partial charge in [-0.2, -0.15) is 0 Å². The fraction of sp³-hybridized carbons (Fsp3) is 0.909. The van der Waals surface area contributed by atoms with E-state index < -0.39 is 11.4 Å². The quantitative estimate of drug-likeness (QED) is 0.627. The number of carbonyl (C=O) groups is 1. The van der Waals surface area contributed by atoms with E-state index in [0.29, 0.717) is 19.8 Å². The lowest BCUT2D eigenvalue weighted by Crippen LogP contribution is -2.38. The van der Waals surface area contributed by atoms with Gasteiger partial charge in [-0.1, -0.05) is 6.42 Å². The molecule has 0 aliphatic heterocycles. The van der Waals surface area contributed by atoms with Crippen LogP contribution in [0.15, 0.2) is 0 Å². The van der Waals surface area contributed by atoms with E-state index >= 15 is 0 Å². The first-order valence-corrected chi connectivity index (χ1v) is 5.51. The van der Waals surface area contributed by atoms with Crippen molar-refractivity contribution in [3.63, 3.8) is 0 Å². The molecular formula is C11H20O4. The highest BCUT2D eigenvalue weighted by atomic mass is 16.5. The van der Waals surface area contributed by atoms with Crippen molar-refractivity contribution >= 4 is 5.97 Å². The van der Waals surface area contributed by atoms with Crippen LogP contribution in [0.4, 0.5) is 0 Å². The maximum absolute atomic E-state index is 11.0. The Morgan fingerprint density at radius 3 is 2.53 bits per heavy atom. The molecule has 0 aromatic heterocycles. The van der Waals surface area contributed by atoms with Gasteiger partial charge in [0.25, 0.3) is 0 Å². The Labute approximate surface area is 90.6 Å². The lowest BCUT2D eigenvalue weighted by Gasteiger charge is -2.37. The summed E-state index contributed by atoms with van der Waals surface area (Å²) in [5.41, 5.74) is -0.426. The van der Waals surface area contributed by atoms with Crippen molar-refractivity contribution in [2.45, 2.75) is 32.1 Å². The maximum Gasteiger partial charge on any atom is 0.309 e. The summed E-state index contributed by atoms with van der Waals surface area (Å²) in [6.45, 7) is 1.83. The molecule has 0 atom stereocenters. The van der Waals surface area contributed by atoms with Gasteiger partial charge in [0.15, 0.2) is 0 Å². The fourth-order valence-corrected chi connectivity index (χ4v) is 1.93. The molecule has 1 aliphatic rings. The maximum atomic E-state index is 11.0. The van der Waals surface area contributed by atoms with Gasteiger partial charge in [0.05, 0.1) is 18.6 Å². The van der Waals surface area contributed by atoms with Crippen LogP contribution in [0.5, 0.6) is 0 Å². The third-order valence-electron chi connectivity index (χ3n) is 3.14. The number of ether oxygens (including phenoxy) is 2. The molecule has 0 spiro atoms. The average Bonchev–Trinajstić information content (AvgIpc) is 2.13. The van der Waals surface area contributed by atoms with Crippen molar-refractivity contribution in [1.29, 1.82) is 0 Å². The summed E-state index contributed by atoms with van der Waals surface area (Å²) in [6, 6.07) is 0. The summed E-state index contributed by atoms with van der Waals surface area (Å²) in [5, 5.41) is 9.06. The molecule has 0 heterocycles. The predicted molar refractivity (Wildman–Crippen MR) is 55.8 cm³/mol. The average molecular weight is 216 g/mol. The van der Waals surface area contributed by atoms with Crippen LogP contribution in [-0.2, 0) is 14.3 Å². The molecule has 4 heteroatoms. The van der Waals surface area contributed by atoms with E-state index in [4.69, 9.17) is 14.6 Å². The van der Waals surface area contributed by atoms with E-state index in [2.05, 4.69) is 0 Å². The van der Waals surface area contributed by atoms with Crippen LogP contribution >= 0.6 is 0 Å². The van der Waals surface area contributed by atoms with Crippen LogP contribution in [0.25, 0.3) is 0 Å². The Morgan fingerprint density at radius 1 is 1.33 bits per heavy atom. The molecule has 0 amide bonds. The fourth-order valence-electron chi connectivity index (χ4n) is 1.93. The molecule has 0 aromatic carbocycles. The molecule has 1 aliphatic carbocycles. The number of carboxylic acid groups (broad SMARTS) is 1. The van der Waals surface area contributed by atoms with Crippen LogP contribution in [0.2, 0.25) is 0 Å². The van der Waals surface area contributed by atoms with Crippen LogP contribution in [0.1, 0.15) is 32.1 Å². The third kappa shape index (κ3) is 3.47. The van der Waals surface area contributed by atoms with Gasteiger partial charge in [0.2, 0.25) is 0 Å². The minimum absolute atomic E-state index is 0.426. The summed E-state index contributed by atoms with van der Waals surface area (Å²) in [6.07, 6.45) is 4.29. The van der Waals surface area contributed by atoms with E-state index in [1.165, 1.54) is 0 Å². The molecular weight excluding hydrogens is 196 g/mol. The molecule has 1 rings (SSSR count). The molecule has 4 nitrogen and oxygen atoms in total. The van der Waals surface area contributed by atoms with Crippen LogP contribution in [0.3, 0.4) is 0 Å². The number of hydrogen-bond donors (Lipinski definition) is 1. The Bertz CT molecular complexity index is 199. The largest absolute Gasteiger partial charge is 0.481 e. The van der Waals surface area contributed by atoms with Crippen molar-refractivity contribution in [3.8, 4) is 0 Å². The van der Waals surface area contributed by atoms with Crippen molar-refractivity contribution in [1.82, 2.24) is 0 Å². The minimum Gasteiger partial charge on any atom is -0.481 e. The summed E-state index contributed by atoms with van der Waals surface area (Å²) in [5.74, 6) is -0.634. The monoisotopic (exact) mass is 216 g/mol. The van der Waals surface area contributed by atoms with Crippen LogP contribution in [0, 0.1) is 5.41 Å². The number of methoxy groups -OCH3 is 1. The third-order valence-corrected chi connectivity index (χ3v) is 3.14. The summed E-state index contributed by atoms with van der Waals surface area (Å²) >= 11 is 0. The molecule has 0 radical (unpaired) electrons. The Hall–Kier alpha value is -0.610. The van der Waals surface area contributed by atoms with E-state index in [0.717, 1.165) is 32.1 Å². The van der Waals surface area contributed by atoms with Gasteiger partial charge in [0.1, 0.15) is 0 Å². The van der Waals surface area contributed by atoms with Crippen molar-refractivity contribution < 1.29 is 19.4 Å². The standard InChI is InChI=1S/C11H20O4/c1-14-8-9-15-7-3-6-11(10(12)13)4-2-5-11/h2-9H2,1H3,(H,12,13). The normalized spacial score (nSPS) is 18.5. The van der Waals surface area contributed by atoms with Gasteiger partial charge in [-0.05, 0) is 25.7 Å². The predicted octanol–water partition coefficient (Wildman–Crippen LogP) is 1.68. The van der Waals surface area contributed by atoms with Crippen molar-refractivity contribution in [2.24, 2.45) is 5.41 Å². The lowest BCUT2D eigenvalue weighted by atomic mass is 9.66. The minimum atomic E-state index is -0.634. The number of rotatable bonds is 8. The zero-order valence-corrected chi connectivity index (χ0v) is 9.33. The molecule has 15 heavy (non-hydrogen) atoms. The van der Waals surface area contributed by atoms with Crippen molar-refractivity contribution in [3.05, 3.63) is 0 Å². The van der Waals surface area contributed by atoms with Gasteiger partial charge >= 0.3 is 5.97 Å². The first-order chi connectivity index (χ1) is 7.21. The first-order valence-electron chi connectivity index (χ1n) is 5.51. The van der Waals surface area contributed by atoms with Crippen LogP contribution in [-0.4, -0.2) is 38.0 Å². The van der Waals surface area contributed by atoms with Gasteiger partial charge in [-0.15, -0.1) is 0 Å². The second kappa shape index (κ2) is 6.08. The SMILES string of the molecule is COCCOCCCC1(C(=O)O)CCC1. The Kier molecular flexibility index (Phi) is 5.05. The van der Waals surface area contributed by atoms with Gasteiger partial charge in [0, 0.05) is 13.7 Å². The molecule has 1 saturated carbocycles. The zero-order valence-electron chi connectivity index (χ0n) is 9.33. The number of hydrogen-bond acceptors (Lipinski definition) is 3. The zero-order chi connectivity index (χ0) is 11.1. The summed E-state index contributed by atoms with van der Waals surface area (Å²) < 4.78 is 10.1. The molecule has 1 fully saturated rings. The van der Waals surface area contributed by atoms with Crippen LogP contribution < -0.4 is 0 Å². The number of carboxylic acids is 1. The van der Waals surface area contributed by atoms with E-state index in [1.807, 2.05) is 0 Å². The van der Waals surface area contributed by atoms with E-state index in [-0.39, 0.29) is 0 Å². The summed E-state index contributed by atoms with van der Waals surface area (Å²) in [7, 11) is 1.64. The van der Waals surface area contributed by atoms with E-state index in [1.54, 1.807) is 7.11 Å². The smallest absolute Gasteiger partial charge is 0.309 e. The second-order valence-electron chi connectivity index (χ2n) is 4.15. The Balaban J connectivity index is 2.06. The lowest BCUT2D eigenvalue weighted by molar-refractivity contribution is -0.155. The molecule has 0 unspecified atom stereocenters. The molecule has 0 aromatic rings. The number of aliphatic carboxylic acids is 1. The highest BCUT2D eigenvalue weighted by molar-refractivity contribution is 5.75. The van der Waals surface area contributed by atoms with Crippen molar-refractivity contribution in [2.75, 3.05) is 26.9 Å². The topological polar surface area (TPSA) is 55.8 Å². The van der Waals surface area contributed by atoms with Gasteiger partial charge in [-0.25, -0.2) is 0 Å².